The van der Waals surface area contributed by atoms with Gasteiger partial charge in [0.15, 0.2) is 5.78 Å². The van der Waals surface area contributed by atoms with Crippen molar-refractivity contribution in [2.45, 2.75) is 77.3 Å². The van der Waals surface area contributed by atoms with Gasteiger partial charge in [-0.3, -0.25) is 14.5 Å². The summed E-state index contributed by atoms with van der Waals surface area (Å²) in [6.07, 6.45) is 6.36. The van der Waals surface area contributed by atoms with E-state index in [0.29, 0.717) is 18.9 Å². The molecule has 0 spiro atoms. The van der Waals surface area contributed by atoms with Crippen LogP contribution in [0.1, 0.15) is 74.4 Å². The lowest BCUT2D eigenvalue weighted by Crippen LogP contribution is -2.52. The molecule has 1 fully saturated rings. The average Bonchev–Trinajstić information content (AvgIpc) is 2.61. The molecule has 1 aliphatic heterocycles. The van der Waals surface area contributed by atoms with E-state index >= 15 is 0 Å². The van der Waals surface area contributed by atoms with Crippen molar-refractivity contribution in [1.82, 2.24) is 9.80 Å². The van der Waals surface area contributed by atoms with E-state index in [0.717, 1.165) is 55.5 Å². The number of piperidine rings is 1. The quantitative estimate of drug-likeness (QED) is 0.808. The molecular formula is C23H34N2O2. The van der Waals surface area contributed by atoms with E-state index in [1.54, 1.807) is 0 Å². The Balaban J connectivity index is 1.69. The normalized spacial score (nSPS) is 20.7. The van der Waals surface area contributed by atoms with E-state index in [-0.39, 0.29) is 17.2 Å². The van der Waals surface area contributed by atoms with Crippen molar-refractivity contribution in [1.29, 1.82) is 0 Å². The van der Waals surface area contributed by atoms with E-state index in [2.05, 4.69) is 43.7 Å². The fraction of sp³-hybridized carbons (Fsp3) is 0.652. The lowest BCUT2D eigenvalue weighted by Gasteiger charge is -2.41. The second-order valence-corrected chi connectivity index (χ2v) is 9.23. The lowest BCUT2D eigenvalue weighted by atomic mass is 9.89. The number of Topliss-reactive ketones (excluding diaryl/α,β-unsaturated/α-hetero) is 1. The van der Waals surface area contributed by atoms with E-state index in [4.69, 9.17) is 0 Å². The predicted octanol–water partition coefficient (Wildman–Crippen LogP) is 3.86. The first-order valence-electron chi connectivity index (χ1n) is 10.4. The number of hydrogen-bond acceptors (Lipinski definition) is 3. The molecule has 3 rings (SSSR count). The maximum absolute atomic E-state index is 13.1. The third-order valence-electron chi connectivity index (χ3n) is 6.25. The Morgan fingerprint density at radius 1 is 1.19 bits per heavy atom. The molecule has 0 unspecified atom stereocenters. The summed E-state index contributed by atoms with van der Waals surface area (Å²) < 4.78 is 0. The summed E-state index contributed by atoms with van der Waals surface area (Å²) >= 11 is 0. The topological polar surface area (TPSA) is 40.6 Å². The first-order chi connectivity index (χ1) is 12.8. The molecule has 1 amide bonds. The largest absolute Gasteiger partial charge is 0.338 e. The van der Waals surface area contributed by atoms with Crippen LogP contribution in [0.25, 0.3) is 0 Å². The van der Waals surface area contributed by atoms with E-state index in [1.165, 1.54) is 6.42 Å². The van der Waals surface area contributed by atoms with Crippen LogP contribution in [0.15, 0.2) is 18.2 Å². The molecule has 1 aromatic rings. The number of nitrogens with zero attached hydrogens (tertiary/aromatic N) is 2. The molecule has 0 aromatic heterocycles. The van der Waals surface area contributed by atoms with Gasteiger partial charge in [-0.1, -0.05) is 18.2 Å². The second-order valence-electron chi connectivity index (χ2n) is 9.23. The molecule has 148 valence electrons. The van der Waals surface area contributed by atoms with Gasteiger partial charge in [-0.2, -0.15) is 0 Å². The summed E-state index contributed by atoms with van der Waals surface area (Å²) in [6, 6.07) is 6.29. The molecule has 0 saturated carbocycles. The van der Waals surface area contributed by atoms with Crippen LogP contribution in [0.2, 0.25) is 0 Å². The molecule has 1 aliphatic carbocycles. The van der Waals surface area contributed by atoms with Crippen LogP contribution in [0.4, 0.5) is 0 Å². The van der Waals surface area contributed by atoms with Crippen molar-refractivity contribution in [2.75, 3.05) is 20.1 Å². The summed E-state index contributed by atoms with van der Waals surface area (Å²) in [5, 5.41) is 0. The van der Waals surface area contributed by atoms with Gasteiger partial charge >= 0.3 is 0 Å². The molecule has 27 heavy (non-hydrogen) atoms. The van der Waals surface area contributed by atoms with Crippen molar-refractivity contribution in [3.63, 3.8) is 0 Å². The number of aryl methyl sites for hydroxylation is 1. The summed E-state index contributed by atoms with van der Waals surface area (Å²) in [7, 11) is 2.15. The van der Waals surface area contributed by atoms with Crippen LogP contribution in [0.5, 0.6) is 0 Å². The zero-order valence-corrected chi connectivity index (χ0v) is 17.4. The number of carbonyl (C=O) groups excluding carboxylic acids is 2. The summed E-state index contributed by atoms with van der Waals surface area (Å²) in [5.74, 6) is 0.472. The molecule has 4 nitrogen and oxygen atoms in total. The monoisotopic (exact) mass is 370 g/mol. The van der Waals surface area contributed by atoms with Crippen LogP contribution < -0.4 is 0 Å². The molecule has 0 radical (unpaired) electrons. The molecule has 0 N–H and O–H groups in total. The number of carbonyl (C=O) groups is 2. The zero-order valence-electron chi connectivity index (χ0n) is 17.4. The summed E-state index contributed by atoms with van der Waals surface area (Å²) in [6.45, 7) is 8.45. The van der Waals surface area contributed by atoms with Gasteiger partial charge in [0, 0.05) is 36.7 Å². The molecule has 4 heteroatoms. The third kappa shape index (κ3) is 4.78. The van der Waals surface area contributed by atoms with Gasteiger partial charge in [-0.25, -0.2) is 0 Å². The minimum absolute atomic E-state index is 0.108. The summed E-state index contributed by atoms with van der Waals surface area (Å²) in [5.41, 5.74) is 3.14. The number of ketones is 1. The SMILES string of the molecule is CN(C[C@@H]1CCCCN1C(=O)Cc1ccc2c(c1)CCCC2=O)C(C)(C)C. The maximum Gasteiger partial charge on any atom is 0.227 e. The number of hydrogen-bond donors (Lipinski definition) is 0. The number of likely N-dealkylation sites (tertiary alicyclic amines) is 1. The molecule has 2 aliphatic rings. The number of fused-ring (bicyclic) bond motifs is 1. The highest BCUT2D eigenvalue weighted by molar-refractivity contribution is 5.98. The molecule has 1 aromatic carbocycles. The van der Waals surface area contributed by atoms with Gasteiger partial charge < -0.3 is 4.90 Å². The van der Waals surface area contributed by atoms with E-state index in [1.807, 2.05) is 12.1 Å². The Bertz CT molecular complexity index is 705. The smallest absolute Gasteiger partial charge is 0.227 e. The Hall–Kier alpha value is -1.68. The van der Waals surface area contributed by atoms with Crippen LogP contribution in [-0.2, 0) is 17.6 Å². The van der Waals surface area contributed by atoms with Crippen molar-refractivity contribution < 1.29 is 9.59 Å². The van der Waals surface area contributed by atoms with Crippen molar-refractivity contribution in [3.8, 4) is 0 Å². The molecule has 0 bridgehead atoms. The van der Waals surface area contributed by atoms with Gasteiger partial charge in [0.05, 0.1) is 6.42 Å². The Labute approximate surface area is 163 Å². The molecule has 1 heterocycles. The lowest BCUT2D eigenvalue weighted by molar-refractivity contribution is -0.134. The van der Waals surface area contributed by atoms with Gasteiger partial charge in [-0.15, -0.1) is 0 Å². The van der Waals surface area contributed by atoms with Crippen LogP contribution in [-0.4, -0.2) is 53.2 Å². The number of amides is 1. The highest BCUT2D eigenvalue weighted by Gasteiger charge is 2.30. The second kappa shape index (κ2) is 8.14. The number of rotatable bonds is 4. The van der Waals surface area contributed by atoms with Gasteiger partial charge in [0.1, 0.15) is 0 Å². The Morgan fingerprint density at radius 2 is 1.96 bits per heavy atom. The van der Waals surface area contributed by atoms with Crippen LogP contribution in [0, 0.1) is 0 Å². The third-order valence-corrected chi connectivity index (χ3v) is 6.25. The molecule has 1 saturated heterocycles. The van der Waals surface area contributed by atoms with E-state index in [9.17, 15) is 9.59 Å². The first kappa shape index (κ1) is 20.1. The van der Waals surface area contributed by atoms with Crippen molar-refractivity contribution in [3.05, 3.63) is 34.9 Å². The van der Waals surface area contributed by atoms with E-state index < -0.39 is 0 Å². The standard InChI is InChI=1S/C23H34N2O2/c1-23(2,3)24(4)16-19-9-5-6-13-25(19)22(27)15-17-11-12-20-18(14-17)8-7-10-21(20)26/h11-12,14,19H,5-10,13,15-16H2,1-4H3/t19-/m0/s1. The fourth-order valence-electron chi connectivity index (χ4n) is 4.19. The number of likely N-dealkylation sites (N-methyl/N-ethyl adjacent to an activating group) is 1. The van der Waals surface area contributed by atoms with Gasteiger partial charge in [-0.05, 0) is 71.0 Å². The highest BCUT2D eigenvalue weighted by atomic mass is 16.2. The fourth-order valence-corrected chi connectivity index (χ4v) is 4.19. The van der Waals surface area contributed by atoms with Gasteiger partial charge in [0.2, 0.25) is 5.91 Å². The average molecular weight is 371 g/mol. The first-order valence-corrected chi connectivity index (χ1v) is 10.4. The van der Waals surface area contributed by atoms with Crippen molar-refractivity contribution >= 4 is 11.7 Å². The van der Waals surface area contributed by atoms with Crippen LogP contribution in [0.3, 0.4) is 0 Å². The van der Waals surface area contributed by atoms with Crippen molar-refractivity contribution in [2.24, 2.45) is 0 Å². The zero-order chi connectivity index (χ0) is 19.6. The maximum atomic E-state index is 13.1. The van der Waals surface area contributed by atoms with Crippen LogP contribution >= 0.6 is 0 Å². The molecule has 1 atom stereocenters. The minimum Gasteiger partial charge on any atom is -0.338 e. The number of benzene rings is 1. The highest BCUT2D eigenvalue weighted by Crippen LogP contribution is 2.25. The molecular weight excluding hydrogens is 336 g/mol. The van der Waals surface area contributed by atoms with Gasteiger partial charge in [0.25, 0.3) is 0 Å². The minimum atomic E-state index is 0.108. The predicted molar refractivity (Wildman–Crippen MR) is 109 cm³/mol. The Kier molecular flexibility index (Phi) is 6.05. The summed E-state index contributed by atoms with van der Waals surface area (Å²) in [4.78, 5) is 29.6. The Morgan fingerprint density at radius 3 is 2.70 bits per heavy atom.